The molecule has 2 heterocycles. The van der Waals surface area contributed by atoms with E-state index in [1.54, 1.807) is 11.3 Å². The lowest BCUT2D eigenvalue weighted by Gasteiger charge is -1.99. The van der Waals surface area contributed by atoms with Gasteiger partial charge in [-0.2, -0.15) is 0 Å². The van der Waals surface area contributed by atoms with E-state index in [0.717, 1.165) is 22.4 Å². The number of nitrogens with two attached hydrogens (primary N) is 1. The van der Waals surface area contributed by atoms with Crippen molar-refractivity contribution < 1.29 is 0 Å². The fourth-order valence-electron chi connectivity index (χ4n) is 2.06. The highest BCUT2D eigenvalue weighted by Crippen LogP contribution is 2.28. The first-order valence-corrected chi connectivity index (χ1v) is 6.37. The van der Waals surface area contributed by atoms with Gasteiger partial charge >= 0.3 is 0 Å². The predicted molar refractivity (Wildman–Crippen MR) is 71.9 cm³/mol. The second kappa shape index (κ2) is 3.98. The van der Waals surface area contributed by atoms with Gasteiger partial charge in [-0.3, -0.25) is 0 Å². The van der Waals surface area contributed by atoms with Gasteiger partial charge in [0.15, 0.2) is 5.82 Å². The van der Waals surface area contributed by atoms with Crippen molar-refractivity contribution in [2.45, 2.75) is 6.54 Å². The molecule has 0 saturated heterocycles. The van der Waals surface area contributed by atoms with E-state index < -0.39 is 0 Å². The average Bonchev–Trinajstić information content (AvgIpc) is 2.97. The molecule has 4 heteroatoms. The van der Waals surface area contributed by atoms with E-state index in [1.165, 1.54) is 4.88 Å². The number of aryl methyl sites for hydroxylation is 1. The third kappa shape index (κ3) is 1.57. The normalized spacial score (nSPS) is 11.2. The Kier molecular flexibility index (Phi) is 2.46. The first-order valence-electron chi connectivity index (χ1n) is 5.49. The molecule has 17 heavy (non-hydrogen) atoms. The molecule has 2 N–H and O–H groups in total. The largest absolute Gasteiger partial charge is 0.326 e. The molecule has 3 aromatic rings. The Morgan fingerprint density at radius 3 is 2.88 bits per heavy atom. The minimum atomic E-state index is 0.526. The topological polar surface area (TPSA) is 43.8 Å². The minimum absolute atomic E-state index is 0.526. The van der Waals surface area contributed by atoms with Crippen molar-refractivity contribution in [2.24, 2.45) is 12.8 Å². The van der Waals surface area contributed by atoms with Gasteiger partial charge in [-0.15, -0.1) is 11.3 Å². The van der Waals surface area contributed by atoms with Crippen LogP contribution in [0.2, 0.25) is 0 Å². The highest BCUT2D eigenvalue weighted by Gasteiger charge is 2.12. The monoisotopic (exact) mass is 243 g/mol. The van der Waals surface area contributed by atoms with Crippen molar-refractivity contribution in [2.75, 3.05) is 0 Å². The van der Waals surface area contributed by atoms with Crippen molar-refractivity contribution in [1.29, 1.82) is 0 Å². The maximum Gasteiger partial charge on any atom is 0.150 e. The van der Waals surface area contributed by atoms with Crippen LogP contribution in [0, 0.1) is 0 Å². The second-order valence-electron chi connectivity index (χ2n) is 3.96. The Bertz CT molecular complexity index is 653. The van der Waals surface area contributed by atoms with E-state index in [4.69, 9.17) is 10.7 Å². The Balaban J connectivity index is 2.32. The fraction of sp³-hybridized carbons (Fsp3) is 0.154. The van der Waals surface area contributed by atoms with Crippen molar-refractivity contribution in [3.05, 3.63) is 41.3 Å². The molecule has 0 radical (unpaired) electrons. The number of fused-ring (bicyclic) bond motifs is 1. The SMILES string of the molecule is Cn1c(-c2cccs2)nc2c(CN)cccc21. The summed E-state index contributed by atoms with van der Waals surface area (Å²) in [5.41, 5.74) is 9.00. The molecule has 0 amide bonds. The van der Waals surface area contributed by atoms with Crippen LogP contribution < -0.4 is 5.73 Å². The third-order valence-corrected chi connectivity index (χ3v) is 3.82. The standard InChI is InChI=1S/C13H13N3S/c1-16-10-5-2-4-9(8-14)12(10)15-13(16)11-6-3-7-17-11/h2-7H,8,14H2,1H3. The number of para-hydroxylation sites is 1. The molecule has 86 valence electrons. The Morgan fingerprint density at radius 1 is 1.29 bits per heavy atom. The molecule has 3 nitrogen and oxygen atoms in total. The minimum Gasteiger partial charge on any atom is -0.326 e. The van der Waals surface area contributed by atoms with E-state index in [9.17, 15) is 0 Å². The number of thiophene rings is 1. The molecule has 0 spiro atoms. The van der Waals surface area contributed by atoms with Crippen LogP contribution in [0.25, 0.3) is 21.7 Å². The van der Waals surface area contributed by atoms with Crippen molar-refractivity contribution in [3.63, 3.8) is 0 Å². The van der Waals surface area contributed by atoms with Gasteiger partial charge in [-0.05, 0) is 23.1 Å². The number of benzene rings is 1. The summed E-state index contributed by atoms with van der Waals surface area (Å²) in [5.74, 6) is 1.01. The molecular weight excluding hydrogens is 230 g/mol. The summed E-state index contributed by atoms with van der Waals surface area (Å²) in [5, 5.41) is 2.07. The summed E-state index contributed by atoms with van der Waals surface area (Å²) in [7, 11) is 2.05. The van der Waals surface area contributed by atoms with Gasteiger partial charge in [-0.25, -0.2) is 4.98 Å². The van der Waals surface area contributed by atoms with Crippen LogP contribution in [0.3, 0.4) is 0 Å². The summed E-state index contributed by atoms with van der Waals surface area (Å²) in [4.78, 5) is 5.91. The van der Waals surface area contributed by atoms with Crippen molar-refractivity contribution >= 4 is 22.4 Å². The molecule has 0 unspecified atom stereocenters. The summed E-state index contributed by atoms with van der Waals surface area (Å²) in [6.07, 6.45) is 0. The number of hydrogen-bond donors (Lipinski definition) is 1. The maximum absolute atomic E-state index is 5.75. The first kappa shape index (κ1) is 10.5. The number of nitrogens with zero attached hydrogens (tertiary/aromatic N) is 2. The molecule has 0 atom stereocenters. The molecule has 0 aliphatic carbocycles. The van der Waals surface area contributed by atoms with Crippen LogP contribution in [0.5, 0.6) is 0 Å². The number of rotatable bonds is 2. The van der Waals surface area contributed by atoms with Crippen LogP contribution in [0.4, 0.5) is 0 Å². The van der Waals surface area contributed by atoms with Gasteiger partial charge in [0.2, 0.25) is 0 Å². The molecule has 0 aliphatic heterocycles. The lowest BCUT2D eigenvalue weighted by atomic mass is 10.2. The van der Waals surface area contributed by atoms with Crippen LogP contribution >= 0.6 is 11.3 Å². The van der Waals surface area contributed by atoms with E-state index in [1.807, 2.05) is 25.2 Å². The van der Waals surface area contributed by atoms with Crippen molar-refractivity contribution in [3.8, 4) is 10.7 Å². The number of aromatic nitrogens is 2. The summed E-state index contributed by atoms with van der Waals surface area (Å²) in [6, 6.07) is 10.3. The third-order valence-electron chi connectivity index (χ3n) is 2.96. The van der Waals surface area contributed by atoms with Crippen LogP contribution in [0.15, 0.2) is 35.7 Å². The smallest absolute Gasteiger partial charge is 0.150 e. The van der Waals surface area contributed by atoms with Gasteiger partial charge < -0.3 is 10.3 Å². The maximum atomic E-state index is 5.75. The van der Waals surface area contributed by atoms with Crippen molar-refractivity contribution in [1.82, 2.24) is 9.55 Å². The highest BCUT2D eigenvalue weighted by molar-refractivity contribution is 7.13. The zero-order valence-electron chi connectivity index (χ0n) is 9.55. The lowest BCUT2D eigenvalue weighted by molar-refractivity contribution is 0.963. The molecule has 0 bridgehead atoms. The Labute approximate surface area is 104 Å². The number of hydrogen-bond acceptors (Lipinski definition) is 3. The lowest BCUT2D eigenvalue weighted by Crippen LogP contribution is -1.97. The van der Waals surface area contributed by atoms with E-state index in [0.29, 0.717) is 6.54 Å². The average molecular weight is 243 g/mol. The van der Waals surface area contributed by atoms with Gasteiger partial charge in [0.1, 0.15) is 0 Å². The summed E-state index contributed by atoms with van der Waals surface area (Å²) < 4.78 is 2.13. The van der Waals surface area contributed by atoms with Gasteiger partial charge in [0.05, 0.1) is 15.9 Å². The predicted octanol–water partition coefficient (Wildman–Crippen LogP) is 2.76. The molecule has 0 aliphatic rings. The Hall–Kier alpha value is -1.65. The van der Waals surface area contributed by atoms with E-state index in [-0.39, 0.29) is 0 Å². The van der Waals surface area contributed by atoms with E-state index in [2.05, 4.69) is 22.1 Å². The molecule has 3 rings (SSSR count). The second-order valence-corrected chi connectivity index (χ2v) is 4.91. The highest BCUT2D eigenvalue weighted by atomic mass is 32.1. The molecule has 0 fully saturated rings. The molecular formula is C13H13N3S. The van der Waals surface area contributed by atoms with Gasteiger partial charge in [-0.1, -0.05) is 18.2 Å². The molecule has 2 aromatic heterocycles. The zero-order chi connectivity index (χ0) is 11.8. The summed E-state index contributed by atoms with van der Waals surface area (Å²) >= 11 is 1.70. The summed E-state index contributed by atoms with van der Waals surface area (Å²) in [6.45, 7) is 0.526. The van der Waals surface area contributed by atoms with E-state index >= 15 is 0 Å². The number of imidazole rings is 1. The van der Waals surface area contributed by atoms with Gasteiger partial charge in [0.25, 0.3) is 0 Å². The first-order chi connectivity index (χ1) is 8.31. The molecule has 1 aromatic carbocycles. The quantitative estimate of drug-likeness (QED) is 0.752. The molecule has 0 saturated carbocycles. The van der Waals surface area contributed by atoms with Gasteiger partial charge in [0, 0.05) is 13.6 Å². The zero-order valence-corrected chi connectivity index (χ0v) is 10.4. The van der Waals surface area contributed by atoms with Crippen LogP contribution in [-0.2, 0) is 13.6 Å². The van der Waals surface area contributed by atoms with Crippen LogP contribution in [0.1, 0.15) is 5.56 Å². The van der Waals surface area contributed by atoms with Crippen LogP contribution in [-0.4, -0.2) is 9.55 Å². The Morgan fingerprint density at radius 2 is 2.18 bits per heavy atom. The fourth-order valence-corrected chi connectivity index (χ4v) is 2.81.